The number of benzene rings is 1. The molecular formula is C15H25NO2. The smallest absolute Gasteiger partial charge is 0.119 e. The first-order valence-corrected chi connectivity index (χ1v) is 6.75. The molecule has 0 bridgehead atoms. The molecule has 2 unspecified atom stereocenters. The van der Waals surface area contributed by atoms with E-state index in [0.717, 1.165) is 17.7 Å². The van der Waals surface area contributed by atoms with E-state index in [1.807, 2.05) is 31.2 Å². The molecule has 0 aromatic heterocycles. The maximum atomic E-state index is 10.3. The first kappa shape index (κ1) is 15.0. The van der Waals surface area contributed by atoms with Gasteiger partial charge in [-0.25, -0.2) is 0 Å². The number of hydrogen-bond donors (Lipinski definition) is 2. The van der Waals surface area contributed by atoms with Crippen molar-refractivity contribution in [1.82, 2.24) is 5.32 Å². The number of ether oxygens (including phenoxy) is 1. The van der Waals surface area contributed by atoms with Crippen LogP contribution in [0.4, 0.5) is 0 Å². The van der Waals surface area contributed by atoms with Gasteiger partial charge in [0.15, 0.2) is 0 Å². The normalized spacial score (nSPS) is 14.6. The average Bonchev–Trinajstić information content (AvgIpc) is 2.36. The fourth-order valence-electron chi connectivity index (χ4n) is 2.02. The Kier molecular flexibility index (Phi) is 6.16. The second-order valence-corrected chi connectivity index (χ2v) is 4.78. The highest BCUT2D eigenvalue weighted by Crippen LogP contribution is 2.22. The molecule has 18 heavy (non-hydrogen) atoms. The predicted molar refractivity (Wildman–Crippen MR) is 74.9 cm³/mol. The molecule has 0 saturated heterocycles. The predicted octanol–water partition coefficient (Wildman–Crippen LogP) is 2.90. The Balaban J connectivity index is 2.72. The van der Waals surface area contributed by atoms with Gasteiger partial charge in [-0.1, -0.05) is 32.9 Å². The van der Waals surface area contributed by atoms with Gasteiger partial charge in [-0.3, -0.25) is 0 Å². The van der Waals surface area contributed by atoms with Gasteiger partial charge in [0.05, 0.1) is 12.7 Å². The molecule has 0 heterocycles. The quantitative estimate of drug-likeness (QED) is 0.783. The highest BCUT2D eigenvalue weighted by atomic mass is 16.5. The van der Waals surface area contributed by atoms with Gasteiger partial charge in [-0.05, 0) is 31.0 Å². The molecule has 1 rings (SSSR count). The number of rotatable bonds is 7. The van der Waals surface area contributed by atoms with Crippen molar-refractivity contribution in [2.45, 2.75) is 52.3 Å². The van der Waals surface area contributed by atoms with E-state index >= 15 is 0 Å². The summed E-state index contributed by atoms with van der Waals surface area (Å²) in [5, 5.41) is 13.7. The monoisotopic (exact) mass is 251 g/mol. The minimum Gasteiger partial charge on any atom is -0.494 e. The summed E-state index contributed by atoms with van der Waals surface area (Å²) in [6, 6.07) is 8.13. The van der Waals surface area contributed by atoms with Crippen molar-refractivity contribution in [2.24, 2.45) is 0 Å². The van der Waals surface area contributed by atoms with Crippen LogP contribution in [-0.2, 0) is 0 Å². The van der Waals surface area contributed by atoms with Gasteiger partial charge < -0.3 is 15.2 Å². The number of hydrogen-bond acceptors (Lipinski definition) is 3. The van der Waals surface area contributed by atoms with Crippen molar-refractivity contribution < 1.29 is 9.84 Å². The van der Waals surface area contributed by atoms with E-state index in [-0.39, 0.29) is 6.04 Å². The van der Waals surface area contributed by atoms with E-state index in [1.54, 1.807) is 0 Å². The highest BCUT2D eigenvalue weighted by Gasteiger charge is 2.19. The molecule has 0 aliphatic rings. The van der Waals surface area contributed by atoms with Crippen LogP contribution in [0, 0.1) is 0 Å². The van der Waals surface area contributed by atoms with E-state index in [1.165, 1.54) is 0 Å². The van der Waals surface area contributed by atoms with Crippen molar-refractivity contribution in [3.8, 4) is 5.75 Å². The summed E-state index contributed by atoms with van der Waals surface area (Å²) in [7, 11) is 0. The van der Waals surface area contributed by atoms with Gasteiger partial charge in [-0.15, -0.1) is 0 Å². The van der Waals surface area contributed by atoms with E-state index in [0.29, 0.717) is 12.6 Å². The van der Waals surface area contributed by atoms with Crippen molar-refractivity contribution in [1.29, 1.82) is 0 Å². The number of nitrogens with one attached hydrogen (secondary N) is 1. The Labute approximate surface area is 110 Å². The first-order valence-electron chi connectivity index (χ1n) is 6.75. The van der Waals surface area contributed by atoms with Crippen molar-refractivity contribution in [3.63, 3.8) is 0 Å². The van der Waals surface area contributed by atoms with Crippen LogP contribution < -0.4 is 10.1 Å². The Morgan fingerprint density at radius 2 is 1.78 bits per heavy atom. The van der Waals surface area contributed by atoms with Crippen LogP contribution in [-0.4, -0.2) is 23.8 Å². The third-order valence-corrected chi connectivity index (χ3v) is 2.90. The molecule has 2 N–H and O–H groups in total. The summed E-state index contributed by atoms with van der Waals surface area (Å²) in [4.78, 5) is 0. The molecule has 3 heteroatoms. The van der Waals surface area contributed by atoms with E-state index in [2.05, 4.69) is 26.1 Å². The Bertz CT molecular complexity index is 335. The Morgan fingerprint density at radius 3 is 2.22 bits per heavy atom. The molecular weight excluding hydrogens is 226 g/mol. The van der Waals surface area contributed by atoms with Gasteiger partial charge in [0, 0.05) is 12.1 Å². The molecule has 0 aliphatic heterocycles. The average molecular weight is 251 g/mol. The molecule has 0 spiro atoms. The standard InChI is InChI=1S/C15H25NO2/c1-5-14(16-11(3)4)15(17)12-7-9-13(10-8-12)18-6-2/h7-11,14-17H,5-6H2,1-4H3. The zero-order valence-corrected chi connectivity index (χ0v) is 11.8. The maximum absolute atomic E-state index is 10.3. The molecule has 2 atom stereocenters. The third kappa shape index (κ3) is 4.31. The number of aliphatic hydroxyl groups excluding tert-OH is 1. The lowest BCUT2D eigenvalue weighted by Crippen LogP contribution is -2.38. The minimum atomic E-state index is -0.479. The molecule has 0 amide bonds. The SMILES string of the molecule is CCOc1ccc(C(O)C(CC)NC(C)C)cc1. The first-order chi connectivity index (χ1) is 8.58. The third-order valence-electron chi connectivity index (χ3n) is 2.90. The summed E-state index contributed by atoms with van der Waals surface area (Å²) in [6.07, 6.45) is 0.417. The Hall–Kier alpha value is -1.06. The fraction of sp³-hybridized carbons (Fsp3) is 0.600. The number of aliphatic hydroxyl groups is 1. The van der Waals surface area contributed by atoms with Crippen LogP contribution in [0.3, 0.4) is 0 Å². The fourth-order valence-corrected chi connectivity index (χ4v) is 2.02. The molecule has 0 fully saturated rings. The molecule has 0 radical (unpaired) electrons. The van der Waals surface area contributed by atoms with Crippen LogP contribution in [0.2, 0.25) is 0 Å². The van der Waals surface area contributed by atoms with E-state index in [4.69, 9.17) is 4.74 Å². The van der Waals surface area contributed by atoms with Gasteiger partial charge in [0.25, 0.3) is 0 Å². The zero-order chi connectivity index (χ0) is 13.5. The summed E-state index contributed by atoms with van der Waals surface area (Å²) >= 11 is 0. The highest BCUT2D eigenvalue weighted by molar-refractivity contribution is 5.29. The second kappa shape index (κ2) is 7.39. The van der Waals surface area contributed by atoms with Gasteiger partial charge in [0.2, 0.25) is 0 Å². The molecule has 1 aromatic carbocycles. The summed E-state index contributed by atoms with van der Waals surface area (Å²) in [6.45, 7) is 8.88. The van der Waals surface area contributed by atoms with Crippen LogP contribution in [0.5, 0.6) is 5.75 Å². The molecule has 0 saturated carbocycles. The lowest BCUT2D eigenvalue weighted by Gasteiger charge is -2.25. The topological polar surface area (TPSA) is 41.5 Å². The van der Waals surface area contributed by atoms with Gasteiger partial charge >= 0.3 is 0 Å². The Morgan fingerprint density at radius 1 is 1.17 bits per heavy atom. The molecule has 3 nitrogen and oxygen atoms in total. The maximum Gasteiger partial charge on any atom is 0.119 e. The second-order valence-electron chi connectivity index (χ2n) is 4.78. The minimum absolute atomic E-state index is 0.0861. The van der Waals surface area contributed by atoms with Gasteiger partial charge in [0.1, 0.15) is 5.75 Å². The van der Waals surface area contributed by atoms with E-state index < -0.39 is 6.10 Å². The van der Waals surface area contributed by atoms with Crippen molar-refractivity contribution >= 4 is 0 Å². The lowest BCUT2D eigenvalue weighted by molar-refractivity contribution is 0.121. The summed E-state index contributed by atoms with van der Waals surface area (Å²) in [5.74, 6) is 0.846. The summed E-state index contributed by atoms with van der Waals surface area (Å²) < 4.78 is 5.39. The molecule has 0 aliphatic carbocycles. The van der Waals surface area contributed by atoms with Crippen molar-refractivity contribution in [2.75, 3.05) is 6.61 Å². The van der Waals surface area contributed by atoms with Crippen LogP contribution >= 0.6 is 0 Å². The summed E-state index contributed by atoms with van der Waals surface area (Å²) in [5.41, 5.74) is 0.929. The van der Waals surface area contributed by atoms with Crippen LogP contribution in [0.1, 0.15) is 45.8 Å². The largest absolute Gasteiger partial charge is 0.494 e. The van der Waals surface area contributed by atoms with Crippen molar-refractivity contribution in [3.05, 3.63) is 29.8 Å². The van der Waals surface area contributed by atoms with Crippen LogP contribution in [0.25, 0.3) is 0 Å². The lowest BCUT2D eigenvalue weighted by atomic mass is 9.99. The molecule has 102 valence electrons. The van der Waals surface area contributed by atoms with Gasteiger partial charge in [-0.2, -0.15) is 0 Å². The van der Waals surface area contributed by atoms with E-state index in [9.17, 15) is 5.11 Å². The zero-order valence-electron chi connectivity index (χ0n) is 11.8. The molecule has 1 aromatic rings. The van der Waals surface area contributed by atoms with Crippen LogP contribution in [0.15, 0.2) is 24.3 Å².